The molecule has 0 aliphatic carbocycles. The van der Waals surface area contributed by atoms with Crippen LogP contribution in [0.5, 0.6) is 0 Å². The van der Waals surface area contributed by atoms with Crippen molar-refractivity contribution in [2.24, 2.45) is 0 Å². The van der Waals surface area contributed by atoms with Gasteiger partial charge in [0.05, 0.1) is 7.05 Å². The van der Waals surface area contributed by atoms with Crippen LogP contribution in [-0.2, 0) is 11.2 Å². The topological polar surface area (TPSA) is 49.3 Å². The van der Waals surface area contributed by atoms with Crippen molar-refractivity contribution in [2.45, 2.75) is 12.5 Å². The molecule has 1 heterocycles. The van der Waals surface area contributed by atoms with E-state index >= 15 is 0 Å². The fraction of sp³-hybridized carbons (Fsp3) is 0.192. The van der Waals surface area contributed by atoms with Gasteiger partial charge in [0.1, 0.15) is 6.04 Å². The second kappa shape index (κ2) is 9.42. The van der Waals surface area contributed by atoms with Gasteiger partial charge in [0.15, 0.2) is 6.54 Å². The number of quaternary nitrogens is 1. The molecule has 0 saturated heterocycles. The van der Waals surface area contributed by atoms with Gasteiger partial charge >= 0.3 is 0 Å². The number of nitrogens with one attached hydrogen (secondary N) is 3. The number of hydrogen-bond donors (Lipinski definition) is 3. The third-order valence-corrected chi connectivity index (χ3v) is 5.59. The maximum atomic E-state index is 12.7. The zero-order valence-corrected chi connectivity index (χ0v) is 17.3. The molecule has 1 aromatic heterocycles. The Hall–Kier alpha value is -3.37. The summed E-state index contributed by atoms with van der Waals surface area (Å²) in [6.07, 6.45) is 2.85. The molecule has 4 heteroatoms. The molecule has 0 aliphatic rings. The van der Waals surface area contributed by atoms with Crippen LogP contribution in [0.1, 0.15) is 22.7 Å². The normalized spacial score (nSPS) is 12.2. The molecule has 0 radical (unpaired) electrons. The summed E-state index contributed by atoms with van der Waals surface area (Å²) in [6, 6.07) is 29.2. The lowest BCUT2D eigenvalue weighted by atomic mass is 9.97. The SMILES string of the molecule is C[NH+](CC(=O)NCCc1c[nH]c2ccccc12)C(c1ccccc1)c1ccccc1. The van der Waals surface area contributed by atoms with E-state index in [0.717, 1.165) is 16.8 Å². The zero-order valence-electron chi connectivity index (χ0n) is 17.3. The van der Waals surface area contributed by atoms with Gasteiger partial charge in [-0.15, -0.1) is 0 Å². The Bertz CT molecular complexity index is 1050. The van der Waals surface area contributed by atoms with Crippen LogP contribution in [0.25, 0.3) is 10.9 Å². The van der Waals surface area contributed by atoms with Crippen LogP contribution in [0, 0.1) is 0 Å². The van der Waals surface area contributed by atoms with Gasteiger partial charge in [-0.3, -0.25) is 4.79 Å². The van der Waals surface area contributed by atoms with Crippen molar-refractivity contribution < 1.29 is 9.69 Å². The number of likely N-dealkylation sites (N-methyl/N-ethyl adjacent to an activating group) is 1. The maximum absolute atomic E-state index is 12.7. The molecule has 3 aromatic carbocycles. The molecule has 1 unspecified atom stereocenters. The molecule has 1 amide bonds. The molecular formula is C26H28N3O+. The van der Waals surface area contributed by atoms with Crippen molar-refractivity contribution in [1.82, 2.24) is 10.3 Å². The summed E-state index contributed by atoms with van der Waals surface area (Å²) >= 11 is 0. The van der Waals surface area contributed by atoms with Gasteiger partial charge in [0.2, 0.25) is 0 Å². The number of rotatable bonds is 8. The minimum atomic E-state index is 0.0733. The molecule has 0 fully saturated rings. The van der Waals surface area contributed by atoms with Crippen molar-refractivity contribution in [1.29, 1.82) is 0 Å². The van der Waals surface area contributed by atoms with E-state index in [-0.39, 0.29) is 11.9 Å². The number of fused-ring (bicyclic) bond motifs is 1. The smallest absolute Gasteiger partial charge is 0.275 e. The minimum Gasteiger partial charge on any atom is -0.361 e. The third-order valence-electron chi connectivity index (χ3n) is 5.59. The highest BCUT2D eigenvalue weighted by molar-refractivity contribution is 5.83. The Labute approximate surface area is 177 Å². The summed E-state index contributed by atoms with van der Waals surface area (Å²) in [6.45, 7) is 1.05. The minimum absolute atomic E-state index is 0.0733. The molecule has 4 aromatic rings. The van der Waals surface area contributed by atoms with Gasteiger partial charge in [-0.2, -0.15) is 0 Å². The number of carbonyl (C=O) groups excluding carboxylic acids is 1. The standard InChI is InChI=1S/C26H27N3O/c1-29(26(20-10-4-2-5-11-20)21-12-6-3-7-13-21)19-25(30)27-17-16-22-18-28-24-15-9-8-14-23(22)24/h2-15,18,26,28H,16-17,19H2,1H3,(H,27,30)/p+1. The van der Waals surface area contributed by atoms with Crippen LogP contribution in [0.2, 0.25) is 0 Å². The first kappa shape index (κ1) is 19.9. The van der Waals surface area contributed by atoms with E-state index in [1.807, 2.05) is 30.5 Å². The Morgan fingerprint density at radius 3 is 2.17 bits per heavy atom. The number of aromatic amines is 1. The highest BCUT2D eigenvalue weighted by Gasteiger charge is 2.24. The van der Waals surface area contributed by atoms with Gasteiger partial charge in [-0.1, -0.05) is 78.9 Å². The molecule has 30 heavy (non-hydrogen) atoms. The van der Waals surface area contributed by atoms with Crippen molar-refractivity contribution in [3.05, 3.63) is 108 Å². The van der Waals surface area contributed by atoms with Crippen molar-refractivity contribution in [3.8, 4) is 0 Å². The predicted octanol–water partition coefficient (Wildman–Crippen LogP) is 3.13. The average molecular weight is 399 g/mol. The van der Waals surface area contributed by atoms with E-state index in [1.54, 1.807) is 0 Å². The molecule has 1 atom stereocenters. The van der Waals surface area contributed by atoms with E-state index < -0.39 is 0 Å². The lowest BCUT2D eigenvalue weighted by Gasteiger charge is -2.25. The fourth-order valence-corrected chi connectivity index (χ4v) is 4.15. The van der Waals surface area contributed by atoms with Crippen molar-refractivity contribution in [2.75, 3.05) is 20.1 Å². The second-order valence-corrected chi connectivity index (χ2v) is 7.74. The fourth-order valence-electron chi connectivity index (χ4n) is 4.15. The first-order chi connectivity index (χ1) is 14.7. The second-order valence-electron chi connectivity index (χ2n) is 7.74. The summed E-state index contributed by atoms with van der Waals surface area (Å²) in [7, 11) is 2.09. The van der Waals surface area contributed by atoms with Gasteiger partial charge < -0.3 is 15.2 Å². The van der Waals surface area contributed by atoms with Gasteiger partial charge in [0.25, 0.3) is 5.91 Å². The Morgan fingerprint density at radius 1 is 0.900 bits per heavy atom. The van der Waals surface area contributed by atoms with Gasteiger partial charge in [-0.05, 0) is 18.1 Å². The molecule has 0 bridgehead atoms. The average Bonchev–Trinajstić information content (AvgIpc) is 3.19. The lowest BCUT2D eigenvalue weighted by Crippen LogP contribution is -3.10. The zero-order chi connectivity index (χ0) is 20.8. The van der Waals surface area contributed by atoms with E-state index in [2.05, 4.69) is 78.0 Å². The van der Waals surface area contributed by atoms with E-state index in [1.165, 1.54) is 22.1 Å². The van der Waals surface area contributed by atoms with E-state index in [4.69, 9.17) is 0 Å². The number of aromatic nitrogens is 1. The first-order valence-corrected chi connectivity index (χ1v) is 10.5. The van der Waals surface area contributed by atoms with E-state index in [9.17, 15) is 4.79 Å². The van der Waals surface area contributed by atoms with Gasteiger partial charge in [-0.25, -0.2) is 0 Å². The highest BCUT2D eigenvalue weighted by atomic mass is 16.2. The molecule has 4 rings (SSSR count). The number of carbonyl (C=O) groups is 1. The Balaban J connectivity index is 1.38. The Morgan fingerprint density at radius 2 is 1.50 bits per heavy atom. The lowest BCUT2D eigenvalue weighted by molar-refractivity contribution is -0.898. The molecule has 0 spiro atoms. The molecule has 0 aliphatic heterocycles. The quantitative estimate of drug-likeness (QED) is 0.420. The molecule has 3 N–H and O–H groups in total. The number of hydrogen-bond acceptors (Lipinski definition) is 1. The van der Waals surface area contributed by atoms with Crippen molar-refractivity contribution in [3.63, 3.8) is 0 Å². The van der Waals surface area contributed by atoms with Crippen LogP contribution in [-0.4, -0.2) is 31.0 Å². The van der Waals surface area contributed by atoms with Crippen LogP contribution in [0.15, 0.2) is 91.1 Å². The van der Waals surface area contributed by atoms with Crippen LogP contribution in [0.4, 0.5) is 0 Å². The number of benzene rings is 3. The summed E-state index contributed by atoms with van der Waals surface area (Å²) in [4.78, 5) is 17.1. The third kappa shape index (κ3) is 4.61. The van der Waals surface area contributed by atoms with Crippen LogP contribution < -0.4 is 10.2 Å². The summed E-state index contributed by atoms with van der Waals surface area (Å²) in [5.41, 5.74) is 4.80. The summed E-state index contributed by atoms with van der Waals surface area (Å²) in [5.74, 6) is 0.0733. The highest BCUT2D eigenvalue weighted by Crippen LogP contribution is 2.19. The van der Waals surface area contributed by atoms with Crippen molar-refractivity contribution >= 4 is 16.8 Å². The monoisotopic (exact) mass is 398 g/mol. The summed E-state index contributed by atoms with van der Waals surface area (Å²) < 4.78 is 0. The van der Waals surface area contributed by atoms with Crippen LogP contribution in [0.3, 0.4) is 0 Å². The largest absolute Gasteiger partial charge is 0.361 e. The first-order valence-electron chi connectivity index (χ1n) is 10.5. The number of amides is 1. The molecule has 0 saturated carbocycles. The summed E-state index contributed by atoms with van der Waals surface area (Å²) in [5, 5.41) is 4.33. The maximum Gasteiger partial charge on any atom is 0.275 e. The van der Waals surface area contributed by atoms with Crippen LogP contribution >= 0.6 is 0 Å². The number of H-pyrrole nitrogens is 1. The van der Waals surface area contributed by atoms with Gasteiger partial charge in [0, 0.05) is 34.8 Å². The molecular weight excluding hydrogens is 370 g/mol. The molecule has 4 nitrogen and oxygen atoms in total. The number of para-hydroxylation sites is 1. The predicted molar refractivity (Wildman–Crippen MR) is 121 cm³/mol. The Kier molecular flexibility index (Phi) is 6.26. The van der Waals surface area contributed by atoms with E-state index in [0.29, 0.717) is 13.1 Å². The molecule has 152 valence electrons.